The van der Waals surface area contributed by atoms with E-state index >= 15 is 0 Å². The van der Waals surface area contributed by atoms with Gasteiger partial charge in [0.1, 0.15) is 0 Å². The van der Waals surface area contributed by atoms with E-state index in [9.17, 15) is 0 Å². The minimum atomic E-state index is 0.567. The van der Waals surface area contributed by atoms with Crippen molar-refractivity contribution in [2.24, 2.45) is 11.7 Å². The first-order valence-corrected chi connectivity index (χ1v) is 7.82. The van der Waals surface area contributed by atoms with E-state index in [4.69, 9.17) is 5.73 Å². The van der Waals surface area contributed by atoms with Gasteiger partial charge in [-0.05, 0) is 23.6 Å². The van der Waals surface area contributed by atoms with E-state index in [1.165, 1.54) is 11.1 Å². The van der Waals surface area contributed by atoms with Gasteiger partial charge in [0.25, 0.3) is 0 Å². The number of nitrogens with zero attached hydrogens (tertiary/aromatic N) is 1. The van der Waals surface area contributed by atoms with Gasteiger partial charge in [-0.1, -0.05) is 74.0 Å². The van der Waals surface area contributed by atoms with Crippen molar-refractivity contribution in [2.45, 2.75) is 26.4 Å². The van der Waals surface area contributed by atoms with Crippen LogP contribution in [0.2, 0.25) is 0 Å². The molecule has 112 valence electrons. The van der Waals surface area contributed by atoms with Crippen molar-refractivity contribution in [1.29, 1.82) is 0 Å². The lowest BCUT2D eigenvalue weighted by molar-refractivity contribution is 0.213. The number of benzene rings is 2. The third-order valence-corrected chi connectivity index (χ3v) is 3.93. The maximum Gasteiger partial charge on any atom is 0.0237 e. The van der Waals surface area contributed by atoms with Crippen LogP contribution >= 0.6 is 0 Å². The molecule has 0 fully saturated rings. The summed E-state index contributed by atoms with van der Waals surface area (Å²) in [5, 5.41) is 0. The average Bonchev–Trinajstić information content (AvgIpc) is 2.54. The van der Waals surface area contributed by atoms with Crippen LogP contribution in [0.25, 0.3) is 0 Å². The molecule has 2 rings (SSSR count). The predicted octanol–water partition coefficient (Wildman–Crippen LogP) is 3.67. The van der Waals surface area contributed by atoms with Crippen LogP contribution in [0, 0.1) is 5.92 Å². The summed E-state index contributed by atoms with van der Waals surface area (Å²) in [4.78, 5) is 2.51. The molecule has 2 aromatic carbocycles. The van der Waals surface area contributed by atoms with Gasteiger partial charge in [0.15, 0.2) is 0 Å². The normalized spacial score (nSPS) is 12.5. The van der Waals surface area contributed by atoms with Gasteiger partial charge in [0.05, 0.1) is 0 Å². The molecule has 0 aliphatic rings. The van der Waals surface area contributed by atoms with Crippen LogP contribution in [0.5, 0.6) is 0 Å². The molecule has 0 aliphatic carbocycles. The molecular weight excluding hydrogens is 256 g/mol. The highest BCUT2D eigenvalue weighted by Crippen LogP contribution is 2.13. The lowest BCUT2D eigenvalue weighted by Crippen LogP contribution is -2.32. The summed E-state index contributed by atoms with van der Waals surface area (Å²) < 4.78 is 0. The lowest BCUT2D eigenvalue weighted by atomic mass is 10.0. The molecule has 0 spiro atoms. The van der Waals surface area contributed by atoms with Crippen molar-refractivity contribution in [3.8, 4) is 0 Å². The second-order valence-corrected chi connectivity index (χ2v) is 5.65. The number of rotatable bonds is 8. The van der Waals surface area contributed by atoms with E-state index in [-0.39, 0.29) is 0 Å². The van der Waals surface area contributed by atoms with E-state index in [1.54, 1.807) is 0 Å². The van der Waals surface area contributed by atoms with Crippen molar-refractivity contribution in [3.63, 3.8) is 0 Å². The molecule has 0 radical (unpaired) electrons. The zero-order chi connectivity index (χ0) is 14.9. The van der Waals surface area contributed by atoms with E-state index in [0.29, 0.717) is 5.92 Å². The summed E-state index contributed by atoms with van der Waals surface area (Å²) in [6, 6.07) is 21.4. The van der Waals surface area contributed by atoms with Gasteiger partial charge in [-0.3, -0.25) is 4.90 Å². The standard InChI is InChI=1S/C19H26N2/c1-2-17(13-20)14-21(15-18-9-5-3-6-10-18)16-19-11-7-4-8-12-19/h3-12,17H,2,13-16,20H2,1H3. The summed E-state index contributed by atoms with van der Waals surface area (Å²) in [7, 11) is 0. The van der Waals surface area contributed by atoms with E-state index in [1.807, 2.05) is 0 Å². The van der Waals surface area contributed by atoms with E-state index < -0.39 is 0 Å². The summed E-state index contributed by atoms with van der Waals surface area (Å²) in [5.74, 6) is 0.567. The van der Waals surface area contributed by atoms with Gasteiger partial charge in [0.2, 0.25) is 0 Å². The smallest absolute Gasteiger partial charge is 0.0237 e. The molecule has 0 heterocycles. The van der Waals surface area contributed by atoms with Crippen LogP contribution < -0.4 is 5.73 Å². The topological polar surface area (TPSA) is 29.3 Å². The van der Waals surface area contributed by atoms with Gasteiger partial charge in [-0.25, -0.2) is 0 Å². The van der Waals surface area contributed by atoms with Gasteiger partial charge in [-0.2, -0.15) is 0 Å². The molecule has 0 bridgehead atoms. The van der Waals surface area contributed by atoms with Crippen molar-refractivity contribution in [2.75, 3.05) is 13.1 Å². The first-order valence-electron chi connectivity index (χ1n) is 7.82. The third kappa shape index (κ3) is 5.33. The second kappa shape index (κ2) is 8.60. The number of nitrogens with two attached hydrogens (primary N) is 1. The Morgan fingerprint density at radius 3 is 1.71 bits per heavy atom. The zero-order valence-electron chi connectivity index (χ0n) is 12.9. The second-order valence-electron chi connectivity index (χ2n) is 5.65. The molecule has 1 unspecified atom stereocenters. The Kier molecular flexibility index (Phi) is 6.45. The highest BCUT2D eigenvalue weighted by atomic mass is 15.1. The Morgan fingerprint density at radius 2 is 1.33 bits per heavy atom. The van der Waals surface area contributed by atoms with Crippen LogP contribution in [0.1, 0.15) is 24.5 Å². The van der Waals surface area contributed by atoms with Gasteiger partial charge in [0, 0.05) is 19.6 Å². The summed E-state index contributed by atoms with van der Waals surface area (Å²) >= 11 is 0. The largest absolute Gasteiger partial charge is 0.330 e. The SMILES string of the molecule is CCC(CN)CN(Cc1ccccc1)Cc1ccccc1. The lowest BCUT2D eigenvalue weighted by Gasteiger charge is -2.26. The number of hydrogen-bond acceptors (Lipinski definition) is 2. The van der Waals surface area contributed by atoms with Crippen molar-refractivity contribution >= 4 is 0 Å². The van der Waals surface area contributed by atoms with Crippen LogP contribution in [0.3, 0.4) is 0 Å². The molecule has 0 saturated carbocycles. The molecule has 2 N–H and O–H groups in total. The van der Waals surface area contributed by atoms with Crippen LogP contribution in [-0.4, -0.2) is 18.0 Å². The fraction of sp³-hybridized carbons (Fsp3) is 0.368. The first kappa shape index (κ1) is 15.7. The Morgan fingerprint density at radius 1 is 0.857 bits per heavy atom. The molecule has 2 heteroatoms. The van der Waals surface area contributed by atoms with E-state index in [2.05, 4.69) is 72.5 Å². The minimum absolute atomic E-state index is 0.567. The molecule has 2 nitrogen and oxygen atoms in total. The third-order valence-electron chi connectivity index (χ3n) is 3.93. The Labute approximate surface area is 128 Å². The Balaban J connectivity index is 2.06. The maximum absolute atomic E-state index is 5.89. The highest BCUT2D eigenvalue weighted by Gasteiger charge is 2.12. The van der Waals surface area contributed by atoms with Crippen LogP contribution in [0.4, 0.5) is 0 Å². The fourth-order valence-electron chi connectivity index (χ4n) is 2.60. The van der Waals surface area contributed by atoms with Gasteiger partial charge >= 0.3 is 0 Å². The molecule has 0 aromatic heterocycles. The Bertz CT molecular complexity index is 450. The summed E-state index contributed by atoms with van der Waals surface area (Å²) in [6.07, 6.45) is 1.14. The molecule has 2 aromatic rings. The quantitative estimate of drug-likeness (QED) is 0.800. The number of hydrogen-bond donors (Lipinski definition) is 1. The van der Waals surface area contributed by atoms with Crippen molar-refractivity contribution in [1.82, 2.24) is 4.90 Å². The molecule has 0 amide bonds. The zero-order valence-corrected chi connectivity index (χ0v) is 12.9. The fourth-order valence-corrected chi connectivity index (χ4v) is 2.60. The Hall–Kier alpha value is -1.64. The molecule has 0 aliphatic heterocycles. The first-order chi connectivity index (χ1) is 10.3. The molecular formula is C19H26N2. The average molecular weight is 282 g/mol. The van der Waals surface area contributed by atoms with Crippen molar-refractivity contribution in [3.05, 3.63) is 71.8 Å². The van der Waals surface area contributed by atoms with Crippen LogP contribution in [-0.2, 0) is 13.1 Å². The molecule has 1 atom stereocenters. The van der Waals surface area contributed by atoms with Gasteiger partial charge in [-0.15, -0.1) is 0 Å². The maximum atomic E-state index is 5.89. The summed E-state index contributed by atoms with van der Waals surface area (Å²) in [5.41, 5.74) is 8.61. The summed E-state index contributed by atoms with van der Waals surface area (Å²) in [6.45, 7) is 5.99. The predicted molar refractivity (Wildman–Crippen MR) is 89.8 cm³/mol. The highest BCUT2D eigenvalue weighted by molar-refractivity contribution is 5.17. The van der Waals surface area contributed by atoms with Crippen molar-refractivity contribution < 1.29 is 0 Å². The molecule has 21 heavy (non-hydrogen) atoms. The van der Waals surface area contributed by atoms with Crippen LogP contribution in [0.15, 0.2) is 60.7 Å². The van der Waals surface area contributed by atoms with E-state index in [0.717, 1.165) is 32.6 Å². The minimum Gasteiger partial charge on any atom is -0.330 e. The van der Waals surface area contributed by atoms with Gasteiger partial charge < -0.3 is 5.73 Å². The monoisotopic (exact) mass is 282 g/mol. The molecule has 0 saturated heterocycles.